The van der Waals surface area contributed by atoms with Crippen LogP contribution in [0.5, 0.6) is 0 Å². The molecule has 100 valence electrons. The minimum Gasteiger partial charge on any atom is -0.309 e. The fourth-order valence-electron chi connectivity index (χ4n) is 2.36. The number of aryl methyl sites for hydroxylation is 2. The van der Waals surface area contributed by atoms with E-state index in [9.17, 15) is 0 Å². The largest absolute Gasteiger partial charge is 0.309 e. The Kier molecular flexibility index (Phi) is 4.87. The highest BCUT2D eigenvalue weighted by molar-refractivity contribution is 14.1. The van der Waals surface area contributed by atoms with Gasteiger partial charge in [0.05, 0.1) is 6.04 Å². The van der Waals surface area contributed by atoms with Crippen molar-refractivity contribution in [3.63, 3.8) is 0 Å². The highest BCUT2D eigenvalue weighted by atomic mass is 127. The van der Waals surface area contributed by atoms with E-state index in [1.54, 1.807) is 0 Å². The maximum Gasteiger partial charge on any atom is 0.0587 e. The van der Waals surface area contributed by atoms with Crippen LogP contribution in [0, 0.1) is 17.4 Å². The number of halogens is 2. The molecule has 2 aromatic carbocycles. The second-order valence-electron chi connectivity index (χ2n) is 4.75. The summed E-state index contributed by atoms with van der Waals surface area (Å²) in [5, 5.41) is 4.18. The fraction of sp³-hybridized carbons (Fsp3) is 0.250. The van der Waals surface area contributed by atoms with Crippen molar-refractivity contribution >= 4 is 34.2 Å². The van der Waals surface area contributed by atoms with E-state index >= 15 is 0 Å². The topological polar surface area (TPSA) is 12.0 Å². The van der Waals surface area contributed by atoms with Gasteiger partial charge < -0.3 is 5.32 Å². The average Bonchev–Trinajstić information content (AvgIpc) is 2.36. The van der Waals surface area contributed by atoms with Crippen LogP contribution >= 0.6 is 34.2 Å². The van der Waals surface area contributed by atoms with E-state index in [-0.39, 0.29) is 6.04 Å². The smallest absolute Gasteiger partial charge is 0.0587 e. The van der Waals surface area contributed by atoms with Crippen LogP contribution in [0.3, 0.4) is 0 Å². The maximum absolute atomic E-state index is 6.14. The molecule has 0 heterocycles. The van der Waals surface area contributed by atoms with Crippen LogP contribution in [0.25, 0.3) is 0 Å². The highest BCUT2D eigenvalue weighted by Crippen LogP contribution is 2.30. The van der Waals surface area contributed by atoms with Crippen molar-refractivity contribution in [2.45, 2.75) is 19.9 Å². The van der Waals surface area contributed by atoms with E-state index in [0.29, 0.717) is 0 Å². The number of nitrogens with one attached hydrogen (secondary N) is 1. The molecule has 0 fully saturated rings. The average molecular weight is 386 g/mol. The molecule has 0 radical (unpaired) electrons. The summed E-state index contributed by atoms with van der Waals surface area (Å²) < 4.78 is 1.22. The van der Waals surface area contributed by atoms with E-state index in [0.717, 1.165) is 5.02 Å². The molecule has 2 rings (SSSR count). The third kappa shape index (κ3) is 3.30. The zero-order chi connectivity index (χ0) is 14.0. The molecule has 0 bridgehead atoms. The third-order valence-electron chi connectivity index (χ3n) is 3.29. The molecule has 1 atom stereocenters. The first kappa shape index (κ1) is 14.8. The van der Waals surface area contributed by atoms with Gasteiger partial charge in [0, 0.05) is 8.59 Å². The van der Waals surface area contributed by atoms with Gasteiger partial charge in [-0.25, -0.2) is 0 Å². The quantitative estimate of drug-likeness (QED) is 0.743. The SMILES string of the molecule is CNC(c1ccc(C)cc1C)c1cc(Cl)ccc1I. The summed E-state index contributed by atoms with van der Waals surface area (Å²) in [6.07, 6.45) is 0. The van der Waals surface area contributed by atoms with Crippen LogP contribution in [0.2, 0.25) is 5.02 Å². The van der Waals surface area contributed by atoms with Crippen LogP contribution in [0.15, 0.2) is 36.4 Å². The Labute approximate surface area is 133 Å². The Morgan fingerprint density at radius 1 is 1.05 bits per heavy atom. The second kappa shape index (κ2) is 6.25. The maximum atomic E-state index is 6.14. The van der Waals surface area contributed by atoms with E-state index in [2.05, 4.69) is 66.0 Å². The fourth-order valence-corrected chi connectivity index (χ4v) is 3.19. The molecule has 0 aromatic heterocycles. The van der Waals surface area contributed by atoms with Gasteiger partial charge in [-0.2, -0.15) is 0 Å². The van der Waals surface area contributed by atoms with Gasteiger partial charge in [0.2, 0.25) is 0 Å². The molecule has 0 saturated carbocycles. The van der Waals surface area contributed by atoms with Gasteiger partial charge in [-0.05, 0) is 78.4 Å². The first-order valence-corrected chi connectivity index (χ1v) is 7.68. The lowest BCUT2D eigenvalue weighted by Gasteiger charge is -2.21. The van der Waals surface area contributed by atoms with Crippen molar-refractivity contribution in [2.24, 2.45) is 0 Å². The zero-order valence-electron chi connectivity index (χ0n) is 11.3. The first-order chi connectivity index (χ1) is 9.02. The van der Waals surface area contributed by atoms with Crippen molar-refractivity contribution in [1.29, 1.82) is 0 Å². The van der Waals surface area contributed by atoms with Gasteiger partial charge in [-0.1, -0.05) is 35.4 Å². The summed E-state index contributed by atoms with van der Waals surface area (Å²) in [6.45, 7) is 4.28. The van der Waals surface area contributed by atoms with Crippen molar-refractivity contribution in [3.8, 4) is 0 Å². The number of benzene rings is 2. The van der Waals surface area contributed by atoms with Crippen molar-refractivity contribution in [2.75, 3.05) is 7.05 Å². The van der Waals surface area contributed by atoms with E-state index < -0.39 is 0 Å². The summed E-state index contributed by atoms with van der Waals surface area (Å²) in [7, 11) is 1.99. The van der Waals surface area contributed by atoms with Crippen molar-refractivity contribution in [3.05, 3.63) is 67.2 Å². The van der Waals surface area contributed by atoms with Crippen LogP contribution in [-0.2, 0) is 0 Å². The summed E-state index contributed by atoms with van der Waals surface area (Å²) in [4.78, 5) is 0. The normalized spacial score (nSPS) is 12.5. The van der Waals surface area contributed by atoms with E-state index in [1.165, 1.54) is 25.8 Å². The Balaban J connectivity index is 2.52. The lowest BCUT2D eigenvalue weighted by Crippen LogP contribution is -2.19. The molecule has 0 aliphatic rings. The lowest BCUT2D eigenvalue weighted by atomic mass is 9.94. The summed E-state index contributed by atoms with van der Waals surface area (Å²) in [5.74, 6) is 0. The monoisotopic (exact) mass is 385 g/mol. The van der Waals surface area contributed by atoms with E-state index in [1.807, 2.05) is 19.2 Å². The number of rotatable bonds is 3. The van der Waals surface area contributed by atoms with Crippen LogP contribution < -0.4 is 5.32 Å². The van der Waals surface area contributed by atoms with Crippen LogP contribution in [-0.4, -0.2) is 7.05 Å². The van der Waals surface area contributed by atoms with Gasteiger partial charge >= 0.3 is 0 Å². The van der Waals surface area contributed by atoms with Crippen LogP contribution in [0.1, 0.15) is 28.3 Å². The molecular formula is C16H17ClIN. The Morgan fingerprint density at radius 3 is 2.42 bits per heavy atom. The molecule has 1 N–H and O–H groups in total. The lowest BCUT2D eigenvalue weighted by molar-refractivity contribution is 0.684. The highest BCUT2D eigenvalue weighted by Gasteiger charge is 2.17. The number of hydrogen-bond donors (Lipinski definition) is 1. The van der Waals surface area contributed by atoms with Crippen LogP contribution in [0.4, 0.5) is 0 Å². The third-order valence-corrected chi connectivity index (χ3v) is 4.51. The van der Waals surface area contributed by atoms with E-state index in [4.69, 9.17) is 11.6 Å². The Morgan fingerprint density at radius 2 is 1.79 bits per heavy atom. The molecular weight excluding hydrogens is 369 g/mol. The molecule has 1 unspecified atom stereocenters. The molecule has 0 aliphatic heterocycles. The zero-order valence-corrected chi connectivity index (χ0v) is 14.2. The molecule has 0 aliphatic carbocycles. The summed E-state index contributed by atoms with van der Waals surface area (Å²) in [5.41, 5.74) is 5.11. The van der Waals surface area contributed by atoms with Gasteiger partial charge in [0.15, 0.2) is 0 Å². The Hall–Kier alpha value is -0.580. The van der Waals surface area contributed by atoms with Crippen molar-refractivity contribution < 1.29 is 0 Å². The molecule has 1 nitrogen and oxygen atoms in total. The second-order valence-corrected chi connectivity index (χ2v) is 6.35. The predicted molar refractivity (Wildman–Crippen MR) is 91.0 cm³/mol. The van der Waals surface area contributed by atoms with Gasteiger partial charge in [0.1, 0.15) is 0 Å². The minimum absolute atomic E-state index is 0.172. The molecule has 0 amide bonds. The first-order valence-electron chi connectivity index (χ1n) is 6.22. The van der Waals surface area contributed by atoms with Gasteiger partial charge in [-0.3, -0.25) is 0 Å². The molecule has 19 heavy (non-hydrogen) atoms. The summed E-state index contributed by atoms with van der Waals surface area (Å²) >= 11 is 8.50. The Bertz CT molecular complexity index is 595. The standard InChI is InChI=1S/C16H17ClIN/c1-10-4-6-13(11(2)8-10)16(19-3)14-9-12(17)5-7-15(14)18/h4-9,16,19H,1-3H3. The minimum atomic E-state index is 0.172. The number of hydrogen-bond acceptors (Lipinski definition) is 1. The summed E-state index contributed by atoms with van der Waals surface area (Å²) in [6, 6.07) is 12.8. The predicted octanol–water partition coefficient (Wildman–Crippen LogP) is 4.87. The van der Waals surface area contributed by atoms with Crippen molar-refractivity contribution in [1.82, 2.24) is 5.32 Å². The molecule has 2 aromatic rings. The molecule has 0 saturated heterocycles. The molecule has 0 spiro atoms. The van der Waals surface area contributed by atoms with Gasteiger partial charge in [-0.15, -0.1) is 0 Å². The molecule has 3 heteroatoms. The van der Waals surface area contributed by atoms with Gasteiger partial charge in [0.25, 0.3) is 0 Å².